The number of likely N-dealkylation sites (N-methyl/N-ethyl adjacent to an activating group) is 1. The van der Waals surface area contributed by atoms with Gasteiger partial charge in [-0.1, -0.05) is 6.07 Å². The summed E-state index contributed by atoms with van der Waals surface area (Å²) in [6, 6.07) is 3.90. The van der Waals surface area contributed by atoms with Gasteiger partial charge in [0.1, 0.15) is 5.69 Å². The van der Waals surface area contributed by atoms with Gasteiger partial charge in [-0.25, -0.2) is 4.98 Å². The summed E-state index contributed by atoms with van der Waals surface area (Å²) in [6.07, 6.45) is 2.67. The molecule has 0 aliphatic carbocycles. The maximum absolute atomic E-state index is 12.4. The van der Waals surface area contributed by atoms with Gasteiger partial charge in [-0.3, -0.25) is 14.5 Å². The van der Waals surface area contributed by atoms with Gasteiger partial charge in [0, 0.05) is 38.4 Å². The Balaban J connectivity index is 1.52. The number of piperidine rings is 1. The van der Waals surface area contributed by atoms with Gasteiger partial charge in [0.05, 0.1) is 6.04 Å². The molecular weight excluding hydrogens is 304 g/mol. The second kappa shape index (κ2) is 6.89. The monoisotopic (exact) mass is 330 g/mol. The third-order valence-corrected chi connectivity index (χ3v) is 5.29. The van der Waals surface area contributed by atoms with Crippen molar-refractivity contribution in [1.82, 2.24) is 20.1 Å². The summed E-state index contributed by atoms with van der Waals surface area (Å²) in [6.45, 7) is 6.46. The quantitative estimate of drug-likeness (QED) is 0.902. The summed E-state index contributed by atoms with van der Waals surface area (Å²) >= 11 is 0. The number of amides is 2. The molecule has 2 aliphatic heterocycles. The van der Waals surface area contributed by atoms with Gasteiger partial charge in [0.2, 0.25) is 5.91 Å². The topological polar surface area (TPSA) is 65.5 Å². The standard InChI is InChI=1S/C18H26N4O2/c1-12-4-5-15(19-13(12)2)17(23)20-14-6-10-22(11-7-14)16-8-9-21(3)18(16)24/h4-5,14,16H,6-11H2,1-3H3,(H,20,23)/t16-/m0/s1. The maximum Gasteiger partial charge on any atom is 0.270 e. The largest absolute Gasteiger partial charge is 0.348 e. The predicted molar refractivity (Wildman–Crippen MR) is 91.8 cm³/mol. The number of nitrogens with one attached hydrogen (secondary N) is 1. The number of nitrogens with zero attached hydrogens (tertiary/aromatic N) is 3. The molecule has 3 rings (SSSR count). The molecule has 1 N–H and O–H groups in total. The van der Waals surface area contributed by atoms with Crippen LogP contribution in [0.15, 0.2) is 12.1 Å². The lowest BCUT2D eigenvalue weighted by Gasteiger charge is -2.35. The van der Waals surface area contributed by atoms with Crippen molar-refractivity contribution in [3.05, 3.63) is 29.1 Å². The summed E-state index contributed by atoms with van der Waals surface area (Å²) in [5.41, 5.74) is 2.46. The van der Waals surface area contributed by atoms with E-state index in [4.69, 9.17) is 0 Å². The second-order valence-electron chi connectivity index (χ2n) is 6.95. The van der Waals surface area contributed by atoms with Gasteiger partial charge in [-0.15, -0.1) is 0 Å². The van der Waals surface area contributed by atoms with Crippen LogP contribution in [0.1, 0.15) is 41.0 Å². The molecule has 0 radical (unpaired) electrons. The zero-order chi connectivity index (χ0) is 17.3. The lowest BCUT2D eigenvalue weighted by Crippen LogP contribution is -2.50. The minimum Gasteiger partial charge on any atom is -0.348 e. The van der Waals surface area contributed by atoms with Gasteiger partial charge in [-0.2, -0.15) is 0 Å². The van der Waals surface area contributed by atoms with Crippen LogP contribution in [-0.2, 0) is 4.79 Å². The first kappa shape index (κ1) is 16.9. The molecule has 1 atom stereocenters. The van der Waals surface area contributed by atoms with Gasteiger partial charge in [-0.05, 0) is 44.7 Å². The fourth-order valence-electron chi connectivity index (χ4n) is 3.51. The number of rotatable bonds is 3. The molecule has 0 unspecified atom stereocenters. The number of hydrogen-bond donors (Lipinski definition) is 1. The van der Waals surface area contributed by atoms with Crippen LogP contribution < -0.4 is 5.32 Å². The first-order chi connectivity index (χ1) is 11.5. The average molecular weight is 330 g/mol. The Hall–Kier alpha value is -1.95. The van der Waals surface area contributed by atoms with E-state index in [1.54, 1.807) is 6.07 Å². The molecule has 24 heavy (non-hydrogen) atoms. The fourth-order valence-corrected chi connectivity index (χ4v) is 3.51. The molecule has 0 spiro atoms. The second-order valence-corrected chi connectivity index (χ2v) is 6.95. The highest BCUT2D eigenvalue weighted by atomic mass is 16.2. The lowest BCUT2D eigenvalue weighted by atomic mass is 10.0. The SMILES string of the molecule is Cc1ccc(C(=O)NC2CCN([C@H]3CCN(C)C3=O)CC2)nc1C. The first-order valence-corrected chi connectivity index (χ1v) is 8.70. The van der Waals surface area contributed by atoms with Crippen LogP contribution in [0.5, 0.6) is 0 Å². The Morgan fingerprint density at radius 2 is 1.88 bits per heavy atom. The molecule has 0 bridgehead atoms. The minimum absolute atomic E-state index is 0.0352. The molecule has 2 amide bonds. The predicted octanol–water partition coefficient (Wildman–Crippen LogP) is 1.12. The van der Waals surface area contributed by atoms with Crippen LogP contribution in [-0.4, -0.2) is 65.4 Å². The average Bonchev–Trinajstić information content (AvgIpc) is 2.90. The van der Waals surface area contributed by atoms with Gasteiger partial charge >= 0.3 is 0 Å². The van der Waals surface area contributed by atoms with Crippen molar-refractivity contribution in [1.29, 1.82) is 0 Å². The van der Waals surface area contributed by atoms with Gasteiger partial charge < -0.3 is 10.2 Å². The Bertz CT molecular complexity index is 638. The highest BCUT2D eigenvalue weighted by molar-refractivity contribution is 5.92. The molecule has 130 valence electrons. The maximum atomic E-state index is 12.4. The van der Waals surface area contributed by atoms with E-state index in [-0.39, 0.29) is 23.9 Å². The van der Waals surface area contributed by atoms with E-state index in [1.807, 2.05) is 31.9 Å². The van der Waals surface area contributed by atoms with Crippen molar-refractivity contribution in [2.24, 2.45) is 0 Å². The first-order valence-electron chi connectivity index (χ1n) is 8.70. The number of carbonyl (C=O) groups excluding carboxylic acids is 2. The van der Waals surface area contributed by atoms with Crippen molar-refractivity contribution in [3.63, 3.8) is 0 Å². The third kappa shape index (κ3) is 3.43. The van der Waals surface area contributed by atoms with Crippen molar-refractivity contribution in [2.75, 3.05) is 26.7 Å². The summed E-state index contributed by atoms with van der Waals surface area (Å²) in [7, 11) is 1.87. The third-order valence-electron chi connectivity index (χ3n) is 5.29. The zero-order valence-electron chi connectivity index (χ0n) is 14.7. The van der Waals surface area contributed by atoms with Crippen LogP contribution in [0.25, 0.3) is 0 Å². The summed E-state index contributed by atoms with van der Waals surface area (Å²) in [5, 5.41) is 3.09. The molecule has 6 heteroatoms. The van der Waals surface area contributed by atoms with Crippen LogP contribution in [0.4, 0.5) is 0 Å². The van der Waals surface area contributed by atoms with Crippen molar-refractivity contribution in [3.8, 4) is 0 Å². The number of hydrogen-bond acceptors (Lipinski definition) is 4. The Morgan fingerprint density at radius 1 is 1.17 bits per heavy atom. The Morgan fingerprint density at radius 3 is 2.46 bits per heavy atom. The van der Waals surface area contributed by atoms with Gasteiger partial charge in [0.25, 0.3) is 5.91 Å². The molecule has 0 saturated carbocycles. The molecular formula is C18H26N4O2. The van der Waals surface area contributed by atoms with Crippen LogP contribution in [0, 0.1) is 13.8 Å². The zero-order valence-corrected chi connectivity index (χ0v) is 14.7. The molecule has 1 aromatic heterocycles. The van der Waals surface area contributed by atoms with Gasteiger partial charge in [0.15, 0.2) is 0 Å². The van der Waals surface area contributed by atoms with Crippen molar-refractivity contribution in [2.45, 2.75) is 45.2 Å². The van der Waals surface area contributed by atoms with E-state index in [2.05, 4.69) is 15.2 Å². The smallest absolute Gasteiger partial charge is 0.270 e. The highest BCUT2D eigenvalue weighted by Crippen LogP contribution is 2.21. The van der Waals surface area contributed by atoms with E-state index in [0.29, 0.717) is 5.69 Å². The van der Waals surface area contributed by atoms with Crippen LogP contribution in [0.3, 0.4) is 0 Å². The molecule has 2 fully saturated rings. The Labute approximate surface area is 143 Å². The molecule has 2 saturated heterocycles. The molecule has 0 aromatic carbocycles. The normalized spacial score (nSPS) is 22.9. The van der Waals surface area contributed by atoms with E-state index >= 15 is 0 Å². The molecule has 3 heterocycles. The summed E-state index contributed by atoms with van der Waals surface area (Å²) in [4.78, 5) is 32.9. The summed E-state index contributed by atoms with van der Waals surface area (Å²) in [5.74, 6) is 0.130. The fraction of sp³-hybridized carbons (Fsp3) is 0.611. The minimum atomic E-state index is -0.103. The van der Waals surface area contributed by atoms with E-state index in [9.17, 15) is 9.59 Å². The van der Waals surface area contributed by atoms with Crippen LogP contribution >= 0.6 is 0 Å². The van der Waals surface area contributed by atoms with Crippen molar-refractivity contribution < 1.29 is 9.59 Å². The summed E-state index contributed by atoms with van der Waals surface area (Å²) < 4.78 is 0. The molecule has 6 nitrogen and oxygen atoms in total. The van der Waals surface area contributed by atoms with E-state index in [1.165, 1.54) is 0 Å². The molecule has 1 aromatic rings. The van der Waals surface area contributed by atoms with Crippen LogP contribution in [0.2, 0.25) is 0 Å². The van der Waals surface area contributed by atoms with Crippen molar-refractivity contribution >= 4 is 11.8 Å². The number of aryl methyl sites for hydroxylation is 2. The Kier molecular flexibility index (Phi) is 4.85. The lowest BCUT2D eigenvalue weighted by molar-refractivity contribution is -0.131. The molecule has 2 aliphatic rings. The highest BCUT2D eigenvalue weighted by Gasteiger charge is 2.35. The number of likely N-dealkylation sites (tertiary alicyclic amines) is 2. The van der Waals surface area contributed by atoms with E-state index in [0.717, 1.165) is 50.2 Å². The number of pyridine rings is 1. The number of carbonyl (C=O) groups is 2. The number of aromatic nitrogens is 1. The van der Waals surface area contributed by atoms with E-state index < -0.39 is 0 Å².